The average Bonchev–Trinajstić information content (AvgIpc) is 3.35. The van der Waals surface area contributed by atoms with Gasteiger partial charge in [-0.1, -0.05) is 29.8 Å². The number of aryl methyl sites for hydroxylation is 1. The zero-order valence-corrected chi connectivity index (χ0v) is 22.3. The van der Waals surface area contributed by atoms with Gasteiger partial charge in [-0.2, -0.15) is 0 Å². The molecule has 1 atom stereocenters. The number of guanidine groups is 1. The fraction of sp³-hybridized carbons (Fsp3) is 0.542. The van der Waals surface area contributed by atoms with Crippen LogP contribution in [0.15, 0.2) is 46.8 Å². The molecule has 0 spiro atoms. The lowest BCUT2D eigenvalue weighted by Crippen LogP contribution is -2.50. The summed E-state index contributed by atoms with van der Waals surface area (Å²) in [6.07, 6.45) is 2.26. The molecule has 0 radical (unpaired) electrons. The van der Waals surface area contributed by atoms with E-state index in [2.05, 4.69) is 74.1 Å². The largest absolute Gasteiger partial charge is 0.379 e. The van der Waals surface area contributed by atoms with Crippen molar-refractivity contribution in [1.82, 2.24) is 15.5 Å². The molecule has 0 aliphatic carbocycles. The van der Waals surface area contributed by atoms with Crippen LogP contribution in [0, 0.1) is 6.92 Å². The maximum atomic E-state index is 5.59. The van der Waals surface area contributed by atoms with Crippen molar-refractivity contribution in [2.75, 3.05) is 57.9 Å². The molecule has 32 heavy (non-hydrogen) atoms. The molecule has 2 saturated heterocycles. The summed E-state index contributed by atoms with van der Waals surface area (Å²) in [6.45, 7) is 8.72. The Labute approximate surface area is 213 Å². The maximum Gasteiger partial charge on any atom is 0.191 e. The third-order valence-electron chi connectivity index (χ3n) is 6.25. The van der Waals surface area contributed by atoms with Gasteiger partial charge in [0, 0.05) is 45.8 Å². The number of anilines is 1. The second-order valence-electron chi connectivity index (χ2n) is 8.39. The van der Waals surface area contributed by atoms with Crippen molar-refractivity contribution in [3.05, 3.63) is 52.9 Å². The van der Waals surface area contributed by atoms with Crippen molar-refractivity contribution in [2.24, 2.45) is 4.99 Å². The van der Waals surface area contributed by atoms with E-state index < -0.39 is 0 Å². The smallest absolute Gasteiger partial charge is 0.191 e. The highest BCUT2D eigenvalue weighted by Crippen LogP contribution is 2.25. The molecule has 1 aromatic carbocycles. The predicted molar refractivity (Wildman–Crippen MR) is 146 cm³/mol. The number of halogens is 1. The zero-order chi connectivity index (χ0) is 21.5. The molecule has 6 nitrogen and oxygen atoms in total. The molecule has 4 rings (SSSR count). The molecule has 2 aliphatic heterocycles. The number of rotatable bonds is 6. The number of ether oxygens (including phenoxy) is 1. The van der Waals surface area contributed by atoms with Gasteiger partial charge in [-0.15, -0.1) is 35.3 Å². The van der Waals surface area contributed by atoms with E-state index in [9.17, 15) is 0 Å². The fourth-order valence-electron chi connectivity index (χ4n) is 4.50. The first-order valence-corrected chi connectivity index (χ1v) is 12.2. The Morgan fingerprint density at radius 2 is 1.94 bits per heavy atom. The minimum atomic E-state index is 0. The van der Waals surface area contributed by atoms with Crippen molar-refractivity contribution in [3.63, 3.8) is 0 Å². The predicted octanol–water partition coefficient (Wildman–Crippen LogP) is 3.88. The lowest BCUT2D eigenvalue weighted by Gasteiger charge is -2.36. The van der Waals surface area contributed by atoms with Gasteiger partial charge in [0.1, 0.15) is 0 Å². The quantitative estimate of drug-likeness (QED) is 0.314. The van der Waals surface area contributed by atoms with Crippen molar-refractivity contribution in [1.29, 1.82) is 0 Å². The molecule has 0 bridgehead atoms. The lowest BCUT2D eigenvalue weighted by atomic mass is 10.0. The minimum Gasteiger partial charge on any atom is -0.379 e. The summed E-state index contributed by atoms with van der Waals surface area (Å²) in [7, 11) is 1.87. The third kappa shape index (κ3) is 6.82. The normalized spacial score (nSPS) is 19.3. The molecule has 2 aliphatic rings. The molecule has 2 N–H and O–H groups in total. The number of hydrogen-bond donors (Lipinski definition) is 2. The summed E-state index contributed by atoms with van der Waals surface area (Å²) in [4.78, 5) is 9.54. The van der Waals surface area contributed by atoms with E-state index in [0.29, 0.717) is 12.1 Å². The monoisotopic (exact) mass is 569 g/mol. The van der Waals surface area contributed by atoms with Crippen LogP contribution in [0.25, 0.3) is 0 Å². The highest BCUT2D eigenvalue weighted by atomic mass is 127. The Bertz CT molecular complexity index is 833. The SMILES string of the molecule is CN=C(NCC(c1cccc(C)c1)N1CCOCC1)NC1CCN(c2cccs2)CC1.I. The summed E-state index contributed by atoms with van der Waals surface area (Å²) in [5, 5.41) is 10.8. The van der Waals surface area contributed by atoms with Crippen LogP contribution in [0.1, 0.15) is 30.0 Å². The van der Waals surface area contributed by atoms with Gasteiger partial charge in [0.2, 0.25) is 0 Å². The molecule has 2 fully saturated rings. The van der Waals surface area contributed by atoms with Gasteiger partial charge >= 0.3 is 0 Å². The minimum absolute atomic E-state index is 0. The van der Waals surface area contributed by atoms with Crippen LogP contribution in [0.2, 0.25) is 0 Å². The van der Waals surface area contributed by atoms with Gasteiger partial charge in [-0.05, 0) is 42.8 Å². The first-order valence-electron chi connectivity index (χ1n) is 11.4. The molecule has 0 saturated carbocycles. The van der Waals surface area contributed by atoms with E-state index in [4.69, 9.17) is 4.74 Å². The summed E-state index contributed by atoms with van der Waals surface area (Å²) < 4.78 is 5.59. The van der Waals surface area contributed by atoms with Crippen LogP contribution < -0.4 is 15.5 Å². The maximum absolute atomic E-state index is 5.59. The number of nitrogens with zero attached hydrogens (tertiary/aromatic N) is 3. The Morgan fingerprint density at radius 1 is 1.16 bits per heavy atom. The number of aliphatic imine (C=N–C) groups is 1. The molecule has 2 aromatic rings. The van der Waals surface area contributed by atoms with Crippen LogP contribution in [0.4, 0.5) is 5.00 Å². The second kappa shape index (κ2) is 12.8. The van der Waals surface area contributed by atoms with Crippen LogP contribution in [0.5, 0.6) is 0 Å². The first kappa shape index (κ1) is 25.3. The van der Waals surface area contributed by atoms with E-state index in [-0.39, 0.29) is 24.0 Å². The van der Waals surface area contributed by atoms with Gasteiger partial charge in [0.15, 0.2) is 5.96 Å². The number of morpholine rings is 1. The van der Waals surface area contributed by atoms with Crippen molar-refractivity contribution < 1.29 is 4.74 Å². The number of nitrogens with one attached hydrogen (secondary N) is 2. The average molecular weight is 570 g/mol. The van der Waals surface area contributed by atoms with Crippen molar-refractivity contribution in [2.45, 2.75) is 31.8 Å². The standard InChI is InChI=1S/C24H35N5OS.HI/c1-19-5-3-6-20(17-19)22(28-12-14-30-15-13-28)18-26-24(25-2)27-21-8-10-29(11-9-21)23-7-4-16-31-23;/h3-7,16-17,21-22H,8-15,18H2,1-2H3,(H2,25,26,27);1H. The fourth-order valence-corrected chi connectivity index (χ4v) is 5.29. The zero-order valence-electron chi connectivity index (χ0n) is 19.1. The van der Waals surface area contributed by atoms with Crippen LogP contribution >= 0.6 is 35.3 Å². The van der Waals surface area contributed by atoms with E-state index >= 15 is 0 Å². The molecular weight excluding hydrogens is 533 g/mol. The molecule has 176 valence electrons. The lowest BCUT2D eigenvalue weighted by molar-refractivity contribution is 0.0170. The third-order valence-corrected chi connectivity index (χ3v) is 7.18. The molecule has 1 aromatic heterocycles. The second-order valence-corrected chi connectivity index (χ2v) is 9.31. The Kier molecular flexibility index (Phi) is 10.1. The van der Waals surface area contributed by atoms with Gasteiger partial charge in [0.25, 0.3) is 0 Å². The van der Waals surface area contributed by atoms with Crippen LogP contribution in [0.3, 0.4) is 0 Å². The highest BCUT2D eigenvalue weighted by Gasteiger charge is 2.24. The summed E-state index contributed by atoms with van der Waals surface area (Å²) in [5.41, 5.74) is 2.66. The van der Waals surface area contributed by atoms with Gasteiger partial charge in [-0.25, -0.2) is 0 Å². The Balaban J connectivity index is 0.00000289. The topological polar surface area (TPSA) is 52.1 Å². The molecule has 1 unspecified atom stereocenters. The van der Waals surface area contributed by atoms with Gasteiger partial charge in [-0.3, -0.25) is 9.89 Å². The molecule has 3 heterocycles. The first-order chi connectivity index (χ1) is 15.2. The summed E-state index contributed by atoms with van der Waals surface area (Å²) in [5.74, 6) is 0.903. The van der Waals surface area contributed by atoms with Crippen LogP contribution in [-0.4, -0.2) is 69.9 Å². The van der Waals surface area contributed by atoms with Crippen molar-refractivity contribution in [3.8, 4) is 0 Å². The van der Waals surface area contributed by atoms with Crippen LogP contribution in [-0.2, 0) is 4.74 Å². The molecular formula is C24H36IN5OS. The number of piperidine rings is 1. The molecule has 0 amide bonds. The van der Waals surface area contributed by atoms with Gasteiger partial charge < -0.3 is 20.3 Å². The van der Waals surface area contributed by atoms with E-state index in [1.807, 2.05) is 18.4 Å². The van der Waals surface area contributed by atoms with E-state index in [1.54, 1.807) is 0 Å². The Hall–Kier alpha value is -1.36. The Morgan fingerprint density at radius 3 is 2.59 bits per heavy atom. The number of hydrogen-bond acceptors (Lipinski definition) is 5. The molecule has 8 heteroatoms. The van der Waals surface area contributed by atoms with Gasteiger partial charge in [0.05, 0.1) is 24.3 Å². The van der Waals surface area contributed by atoms with E-state index in [1.165, 1.54) is 16.1 Å². The summed E-state index contributed by atoms with van der Waals surface area (Å²) >= 11 is 1.83. The number of benzene rings is 1. The van der Waals surface area contributed by atoms with E-state index in [0.717, 1.165) is 64.7 Å². The van der Waals surface area contributed by atoms with Crippen molar-refractivity contribution >= 4 is 46.3 Å². The number of thiophene rings is 1. The summed E-state index contributed by atoms with van der Waals surface area (Å²) in [6, 6.07) is 14.0. The highest BCUT2D eigenvalue weighted by molar-refractivity contribution is 14.0.